The van der Waals surface area contributed by atoms with Gasteiger partial charge in [-0.15, -0.1) is 21.5 Å². The number of rotatable bonds is 4. The Balaban J connectivity index is 2.11. The topological polar surface area (TPSA) is 38.9 Å². The molecular formula is C9H8F2N2OS2. The van der Waals surface area contributed by atoms with E-state index in [2.05, 4.69) is 10.2 Å². The third-order valence-corrected chi connectivity index (χ3v) is 3.63. The average Bonchev–Trinajstić information content (AvgIpc) is 2.83. The molecule has 0 radical (unpaired) electrons. The van der Waals surface area contributed by atoms with Crippen molar-refractivity contribution >= 4 is 23.1 Å². The molecule has 0 atom stereocenters. The van der Waals surface area contributed by atoms with Gasteiger partial charge in [-0.05, 0) is 23.9 Å². The Kier molecular flexibility index (Phi) is 3.55. The Hall–Kier alpha value is -0.950. The summed E-state index contributed by atoms with van der Waals surface area (Å²) in [4.78, 5) is 0.886. The largest absolute Gasteiger partial charge is 0.410 e. The molecule has 0 N–H and O–H groups in total. The molecule has 0 aliphatic rings. The first-order valence-corrected chi connectivity index (χ1v) is 6.32. The molecule has 0 amide bonds. The highest BCUT2D eigenvalue weighted by molar-refractivity contribution is 7.99. The van der Waals surface area contributed by atoms with Crippen LogP contribution in [0.25, 0.3) is 10.8 Å². The predicted octanol–water partition coefficient (Wildman–Crippen LogP) is 3.46. The Morgan fingerprint density at radius 3 is 2.94 bits per heavy atom. The molecule has 0 saturated heterocycles. The summed E-state index contributed by atoms with van der Waals surface area (Å²) >= 11 is 2.35. The number of thioether (sulfide) groups is 1. The van der Waals surface area contributed by atoms with Crippen LogP contribution in [-0.4, -0.2) is 22.4 Å². The first-order chi connectivity index (χ1) is 7.66. The number of thiophene rings is 1. The predicted molar refractivity (Wildman–Crippen MR) is 59.1 cm³/mol. The lowest BCUT2D eigenvalue weighted by molar-refractivity contribution is 0.176. The van der Waals surface area contributed by atoms with Crippen molar-refractivity contribution in [2.45, 2.75) is 18.6 Å². The van der Waals surface area contributed by atoms with Crippen LogP contribution in [0.5, 0.6) is 0 Å². The van der Waals surface area contributed by atoms with E-state index in [1.807, 2.05) is 18.4 Å². The van der Waals surface area contributed by atoms with Gasteiger partial charge < -0.3 is 4.42 Å². The summed E-state index contributed by atoms with van der Waals surface area (Å²) in [6.45, 7) is 1.93. The van der Waals surface area contributed by atoms with Gasteiger partial charge in [0.2, 0.25) is 6.43 Å². The van der Waals surface area contributed by atoms with E-state index < -0.39 is 6.43 Å². The minimum absolute atomic E-state index is 0.183. The van der Waals surface area contributed by atoms with E-state index in [0.29, 0.717) is 5.89 Å². The Morgan fingerprint density at radius 2 is 2.31 bits per heavy atom. The highest BCUT2D eigenvalue weighted by atomic mass is 32.2. The molecule has 7 heteroatoms. The molecule has 2 aromatic rings. The number of aryl methyl sites for hydroxylation is 1. The first kappa shape index (κ1) is 11.5. The van der Waals surface area contributed by atoms with Gasteiger partial charge >= 0.3 is 0 Å². The van der Waals surface area contributed by atoms with Crippen LogP contribution < -0.4 is 0 Å². The number of aromatic nitrogens is 2. The van der Waals surface area contributed by atoms with Crippen LogP contribution in [-0.2, 0) is 0 Å². The maximum absolute atomic E-state index is 12.0. The van der Waals surface area contributed by atoms with E-state index in [1.165, 1.54) is 11.3 Å². The van der Waals surface area contributed by atoms with Crippen molar-refractivity contribution in [3.63, 3.8) is 0 Å². The zero-order valence-electron chi connectivity index (χ0n) is 8.31. The summed E-state index contributed by atoms with van der Waals surface area (Å²) in [5.41, 5.74) is 1.04. The first-order valence-electron chi connectivity index (χ1n) is 4.45. The maximum atomic E-state index is 12.0. The van der Waals surface area contributed by atoms with E-state index in [0.717, 1.165) is 22.2 Å². The monoisotopic (exact) mass is 262 g/mol. The lowest BCUT2D eigenvalue weighted by Gasteiger charge is -1.93. The fourth-order valence-electron chi connectivity index (χ4n) is 1.09. The second-order valence-corrected chi connectivity index (χ2v) is 4.90. The minimum Gasteiger partial charge on any atom is -0.410 e. The van der Waals surface area contributed by atoms with Crippen molar-refractivity contribution in [2.75, 3.05) is 5.75 Å². The standard InChI is InChI=1S/C9H8F2N2OS2/c1-5-2-3-15-7(5)8-12-13-9(14-8)16-4-6(10)11/h2-3,6H,4H2,1H3. The van der Waals surface area contributed by atoms with Crippen molar-refractivity contribution in [2.24, 2.45) is 0 Å². The third kappa shape index (κ3) is 2.59. The highest BCUT2D eigenvalue weighted by Crippen LogP contribution is 2.30. The average molecular weight is 262 g/mol. The second-order valence-electron chi connectivity index (χ2n) is 3.01. The number of nitrogens with zero attached hydrogens (tertiary/aromatic N) is 2. The zero-order chi connectivity index (χ0) is 11.5. The Morgan fingerprint density at radius 1 is 1.50 bits per heavy atom. The summed E-state index contributed by atoms with van der Waals surface area (Å²) in [7, 11) is 0. The number of halogens is 2. The smallest absolute Gasteiger partial charge is 0.277 e. The molecule has 16 heavy (non-hydrogen) atoms. The molecule has 0 saturated carbocycles. The van der Waals surface area contributed by atoms with Crippen molar-refractivity contribution in [1.82, 2.24) is 10.2 Å². The summed E-state index contributed by atoms with van der Waals surface area (Å²) in [5, 5.41) is 9.63. The minimum atomic E-state index is -2.37. The molecule has 2 heterocycles. The lowest BCUT2D eigenvalue weighted by Crippen LogP contribution is -1.92. The van der Waals surface area contributed by atoms with Gasteiger partial charge in [0.05, 0.1) is 10.6 Å². The van der Waals surface area contributed by atoms with Crippen molar-refractivity contribution < 1.29 is 13.2 Å². The molecule has 2 rings (SSSR count). The molecule has 0 aliphatic heterocycles. The van der Waals surface area contributed by atoms with Crippen LogP contribution in [0, 0.1) is 6.92 Å². The van der Waals surface area contributed by atoms with Gasteiger partial charge in [0.1, 0.15) is 0 Å². The van der Waals surface area contributed by atoms with Crippen molar-refractivity contribution in [3.05, 3.63) is 17.0 Å². The fraction of sp³-hybridized carbons (Fsp3) is 0.333. The van der Waals surface area contributed by atoms with Crippen LogP contribution in [0.3, 0.4) is 0 Å². The quantitative estimate of drug-likeness (QED) is 0.791. The van der Waals surface area contributed by atoms with Gasteiger partial charge in [-0.3, -0.25) is 0 Å². The fourth-order valence-corrected chi connectivity index (χ4v) is 2.44. The molecule has 86 valence electrons. The van der Waals surface area contributed by atoms with Gasteiger partial charge in [0, 0.05) is 0 Å². The van der Waals surface area contributed by atoms with E-state index in [4.69, 9.17) is 4.42 Å². The summed E-state index contributed by atoms with van der Waals surface area (Å²) in [5.74, 6) is 0.0645. The van der Waals surface area contributed by atoms with Crippen LogP contribution in [0.15, 0.2) is 21.1 Å². The third-order valence-electron chi connectivity index (χ3n) is 1.80. The summed E-state index contributed by atoms with van der Waals surface area (Å²) in [6.07, 6.45) is -2.37. The van der Waals surface area contributed by atoms with Gasteiger partial charge in [0.15, 0.2) is 0 Å². The van der Waals surface area contributed by atoms with Gasteiger partial charge in [-0.25, -0.2) is 8.78 Å². The van der Waals surface area contributed by atoms with Crippen LogP contribution in [0.2, 0.25) is 0 Å². The molecule has 0 aliphatic carbocycles. The number of hydrogen-bond donors (Lipinski definition) is 0. The Labute approximate surface area is 98.9 Å². The summed E-state index contributed by atoms with van der Waals surface area (Å²) in [6, 6.07) is 1.94. The van der Waals surface area contributed by atoms with Crippen LogP contribution in [0.1, 0.15) is 5.56 Å². The maximum Gasteiger partial charge on any atom is 0.277 e. The van der Waals surface area contributed by atoms with E-state index in [1.54, 1.807) is 0 Å². The van der Waals surface area contributed by atoms with E-state index >= 15 is 0 Å². The molecule has 0 unspecified atom stereocenters. The molecule has 0 aromatic carbocycles. The van der Waals surface area contributed by atoms with Gasteiger partial charge in [-0.2, -0.15) is 0 Å². The van der Waals surface area contributed by atoms with Crippen LogP contribution in [0.4, 0.5) is 8.78 Å². The second kappa shape index (κ2) is 4.92. The molecular weight excluding hydrogens is 254 g/mol. The zero-order valence-corrected chi connectivity index (χ0v) is 9.95. The molecule has 0 spiro atoms. The lowest BCUT2D eigenvalue weighted by atomic mass is 10.3. The van der Waals surface area contributed by atoms with Crippen LogP contribution >= 0.6 is 23.1 Å². The van der Waals surface area contributed by atoms with Gasteiger partial charge in [0.25, 0.3) is 11.1 Å². The van der Waals surface area contributed by atoms with Gasteiger partial charge in [-0.1, -0.05) is 11.8 Å². The SMILES string of the molecule is Cc1ccsc1-c1nnc(SCC(F)F)o1. The van der Waals surface area contributed by atoms with E-state index in [-0.39, 0.29) is 11.0 Å². The van der Waals surface area contributed by atoms with Crippen molar-refractivity contribution in [3.8, 4) is 10.8 Å². The molecule has 2 aromatic heterocycles. The number of alkyl halides is 2. The molecule has 0 fully saturated rings. The highest BCUT2D eigenvalue weighted by Gasteiger charge is 2.13. The molecule has 0 bridgehead atoms. The van der Waals surface area contributed by atoms with E-state index in [9.17, 15) is 8.78 Å². The Bertz CT molecular complexity index is 470. The normalized spacial score (nSPS) is 11.2. The summed E-state index contributed by atoms with van der Waals surface area (Å²) < 4.78 is 29.2. The van der Waals surface area contributed by atoms with Crippen molar-refractivity contribution in [1.29, 1.82) is 0 Å². The number of hydrogen-bond acceptors (Lipinski definition) is 5. The molecule has 3 nitrogen and oxygen atoms in total.